The first-order valence-corrected chi connectivity index (χ1v) is 12.6. The quantitative estimate of drug-likeness (QED) is 0.524. The Balaban J connectivity index is 2.05. The second-order valence-electron chi connectivity index (χ2n) is 7.68. The van der Waals surface area contributed by atoms with Crippen LogP contribution in [0.4, 0.5) is 0 Å². The van der Waals surface area contributed by atoms with Crippen LogP contribution in [0.1, 0.15) is 20.8 Å². The maximum atomic E-state index is 12.7. The normalized spacial score (nSPS) is 18.1. The molecule has 1 heterocycles. The summed E-state index contributed by atoms with van der Waals surface area (Å²) >= 11 is 0. The Morgan fingerprint density at radius 3 is 1.89 bits per heavy atom. The number of hydrogen-bond acceptors (Lipinski definition) is 6. The standard InChI is InChI=1S/C20H24O6SSi/c1-20(2,3)28(16-10-6-4-7-11-16,17-12-8-5-9-13-17)25-15-27(22,23)19-24-14-18(21)26-19/h4-13,19H,14-15H2,1-3H3. The lowest BCUT2D eigenvalue weighted by Gasteiger charge is -2.42. The van der Waals surface area contributed by atoms with Crippen molar-refractivity contribution in [3.05, 3.63) is 60.7 Å². The fraction of sp³-hybridized carbons (Fsp3) is 0.350. The van der Waals surface area contributed by atoms with Gasteiger partial charge in [-0.3, -0.25) is 0 Å². The van der Waals surface area contributed by atoms with Gasteiger partial charge in [0.2, 0.25) is 9.84 Å². The monoisotopic (exact) mass is 420 g/mol. The van der Waals surface area contributed by atoms with E-state index < -0.39 is 35.7 Å². The molecule has 1 atom stereocenters. The molecule has 2 aromatic carbocycles. The molecular weight excluding hydrogens is 396 g/mol. The van der Waals surface area contributed by atoms with E-state index in [1.165, 1.54) is 0 Å². The molecule has 1 aliphatic heterocycles. The Bertz CT molecular complexity index is 883. The van der Waals surface area contributed by atoms with Gasteiger partial charge in [0.1, 0.15) is 12.5 Å². The van der Waals surface area contributed by atoms with E-state index in [1.54, 1.807) is 0 Å². The van der Waals surface area contributed by atoms with Crippen LogP contribution in [0, 0.1) is 0 Å². The highest BCUT2D eigenvalue weighted by Gasteiger charge is 2.51. The Morgan fingerprint density at radius 2 is 1.50 bits per heavy atom. The van der Waals surface area contributed by atoms with Crippen molar-refractivity contribution >= 4 is 34.5 Å². The fourth-order valence-corrected chi connectivity index (χ4v) is 9.64. The zero-order chi connectivity index (χ0) is 20.4. The van der Waals surface area contributed by atoms with Crippen LogP contribution < -0.4 is 10.4 Å². The van der Waals surface area contributed by atoms with E-state index in [9.17, 15) is 13.2 Å². The molecule has 1 unspecified atom stereocenters. The number of hydrogen-bond donors (Lipinski definition) is 0. The smallest absolute Gasteiger partial charge is 0.335 e. The molecule has 1 fully saturated rings. The van der Waals surface area contributed by atoms with E-state index in [4.69, 9.17) is 13.9 Å². The fourth-order valence-electron chi connectivity index (χ4n) is 3.48. The van der Waals surface area contributed by atoms with Crippen molar-refractivity contribution in [3.63, 3.8) is 0 Å². The molecule has 1 saturated heterocycles. The van der Waals surface area contributed by atoms with Gasteiger partial charge in [-0.1, -0.05) is 81.4 Å². The summed E-state index contributed by atoms with van der Waals surface area (Å²) in [5.74, 6) is -1.29. The highest BCUT2D eigenvalue weighted by atomic mass is 32.2. The lowest BCUT2D eigenvalue weighted by Crippen LogP contribution is -2.67. The predicted octanol–water partition coefficient (Wildman–Crippen LogP) is 1.79. The summed E-state index contributed by atoms with van der Waals surface area (Å²) in [6.07, 6.45) is 0. The summed E-state index contributed by atoms with van der Waals surface area (Å²) in [7, 11) is -6.96. The van der Waals surface area contributed by atoms with E-state index in [2.05, 4.69) is 20.8 Å². The highest BCUT2D eigenvalue weighted by Crippen LogP contribution is 2.37. The van der Waals surface area contributed by atoms with Crippen LogP contribution >= 0.6 is 0 Å². The zero-order valence-electron chi connectivity index (χ0n) is 16.1. The van der Waals surface area contributed by atoms with Crippen LogP contribution in [0.3, 0.4) is 0 Å². The molecule has 0 aliphatic carbocycles. The number of cyclic esters (lactones) is 1. The molecule has 0 bridgehead atoms. The first-order chi connectivity index (χ1) is 13.2. The van der Waals surface area contributed by atoms with Gasteiger partial charge in [-0.15, -0.1) is 0 Å². The molecule has 2 aromatic rings. The van der Waals surface area contributed by atoms with Crippen LogP contribution in [-0.2, 0) is 28.5 Å². The average molecular weight is 421 g/mol. The van der Waals surface area contributed by atoms with Gasteiger partial charge in [0.05, 0.1) is 0 Å². The Kier molecular flexibility index (Phi) is 5.76. The third-order valence-corrected chi connectivity index (χ3v) is 11.2. The molecule has 6 nitrogen and oxygen atoms in total. The van der Waals surface area contributed by atoms with Crippen molar-refractivity contribution in [2.24, 2.45) is 0 Å². The van der Waals surface area contributed by atoms with Crippen LogP contribution in [0.25, 0.3) is 0 Å². The minimum absolute atomic E-state index is 0.363. The Labute approximate surface area is 166 Å². The number of rotatable bonds is 6. The molecule has 0 radical (unpaired) electrons. The second kappa shape index (κ2) is 7.79. The Morgan fingerprint density at radius 1 is 1.00 bits per heavy atom. The number of esters is 1. The van der Waals surface area contributed by atoms with Crippen LogP contribution in [0.2, 0.25) is 5.04 Å². The number of carbonyl (C=O) groups is 1. The number of ether oxygens (including phenoxy) is 2. The highest BCUT2D eigenvalue weighted by molar-refractivity contribution is 7.91. The molecule has 0 amide bonds. The maximum Gasteiger partial charge on any atom is 0.335 e. The van der Waals surface area contributed by atoms with Gasteiger partial charge in [-0.25, -0.2) is 13.2 Å². The molecule has 0 aromatic heterocycles. The van der Waals surface area contributed by atoms with E-state index in [-0.39, 0.29) is 11.6 Å². The van der Waals surface area contributed by atoms with Crippen LogP contribution in [-0.4, -0.2) is 40.9 Å². The van der Waals surface area contributed by atoms with Crippen molar-refractivity contribution in [2.45, 2.75) is 31.4 Å². The molecule has 150 valence electrons. The van der Waals surface area contributed by atoms with Crippen molar-refractivity contribution in [1.82, 2.24) is 0 Å². The summed E-state index contributed by atoms with van der Waals surface area (Å²) in [5.41, 5.74) is -1.61. The summed E-state index contributed by atoms with van der Waals surface area (Å²) in [6.45, 7) is 5.79. The molecule has 0 saturated carbocycles. The van der Waals surface area contributed by atoms with Crippen molar-refractivity contribution < 1.29 is 27.1 Å². The number of sulfone groups is 1. The minimum atomic E-state index is -3.96. The maximum absolute atomic E-state index is 12.7. The van der Waals surface area contributed by atoms with Gasteiger partial charge < -0.3 is 13.9 Å². The molecule has 28 heavy (non-hydrogen) atoms. The lowest BCUT2D eigenvalue weighted by atomic mass is 10.2. The summed E-state index contributed by atoms with van der Waals surface area (Å²) in [5, 5.41) is 1.57. The van der Waals surface area contributed by atoms with Crippen LogP contribution in [0.15, 0.2) is 60.7 Å². The average Bonchev–Trinajstić information content (AvgIpc) is 3.10. The van der Waals surface area contributed by atoms with Gasteiger partial charge in [-0.2, -0.15) is 0 Å². The predicted molar refractivity (Wildman–Crippen MR) is 108 cm³/mol. The molecule has 3 rings (SSSR count). The van der Waals surface area contributed by atoms with Crippen molar-refractivity contribution in [2.75, 3.05) is 12.5 Å². The SMILES string of the molecule is CC(C)(C)[Si](OCS(=O)(=O)C1OCC(=O)O1)(c1ccccc1)c1ccccc1. The van der Waals surface area contributed by atoms with E-state index >= 15 is 0 Å². The van der Waals surface area contributed by atoms with Gasteiger partial charge in [0.25, 0.3) is 8.32 Å². The van der Waals surface area contributed by atoms with Gasteiger partial charge >= 0.3 is 11.6 Å². The summed E-state index contributed by atoms with van der Waals surface area (Å²) < 4.78 is 41.5. The van der Waals surface area contributed by atoms with Crippen LogP contribution in [0.5, 0.6) is 0 Å². The topological polar surface area (TPSA) is 78.9 Å². The molecule has 0 spiro atoms. The molecule has 1 aliphatic rings. The first kappa shape index (κ1) is 20.7. The third kappa shape index (κ3) is 3.91. The van der Waals surface area contributed by atoms with E-state index in [1.807, 2.05) is 60.7 Å². The van der Waals surface area contributed by atoms with E-state index in [0.717, 1.165) is 10.4 Å². The van der Waals surface area contributed by atoms with Gasteiger partial charge in [0.15, 0.2) is 0 Å². The number of benzene rings is 2. The first-order valence-electron chi connectivity index (χ1n) is 8.94. The minimum Gasteiger partial charge on any atom is -0.419 e. The van der Waals surface area contributed by atoms with E-state index in [0.29, 0.717) is 0 Å². The Hall–Kier alpha value is -2.00. The summed E-state index contributed by atoms with van der Waals surface area (Å²) in [4.78, 5) is 11.3. The molecule has 8 heteroatoms. The number of carbonyl (C=O) groups excluding carboxylic acids is 1. The largest absolute Gasteiger partial charge is 0.419 e. The molecule has 0 N–H and O–H groups in total. The van der Waals surface area contributed by atoms with Gasteiger partial charge in [0, 0.05) is 0 Å². The van der Waals surface area contributed by atoms with Crippen molar-refractivity contribution in [3.8, 4) is 0 Å². The van der Waals surface area contributed by atoms with Crippen molar-refractivity contribution in [1.29, 1.82) is 0 Å². The summed E-state index contributed by atoms with van der Waals surface area (Å²) in [6, 6.07) is 19.4. The lowest BCUT2D eigenvalue weighted by molar-refractivity contribution is -0.138. The molecular formula is C20H24O6SSi. The zero-order valence-corrected chi connectivity index (χ0v) is 17.9. The van der Waals surface area contributed by atoms with Gasteiger partial charge in [-0.05, 0) is 15.4 Å². The third-order valence-electron chi connectivity index (χ3n) is 4.71. The second-order valence-corrected chi connectivity index (χ2v) is 13.9.